The van der Waals surface area contributed by atoms with Crippen molar-refractivity contribution < 1.29 is 9.59 Å². The molecule has 27 heavy (non-hydrogen) atoms. The van der Waals surface area contributed by atoms with E-state index in [1.165, 1.54) is 12.8 Å². The first-order valence-corrected chi connectivity index (χ1v) is 9.95. The number of rotatable bonds is 6. The van der Waals surface area contributed by atoms with E-state index in [0.29, 0.717) is 24.7 Å². The van der Waals surface area contributed by atoms with Gasteiger partial charge < -0.3 is 15.5 Å². The quantitative estimate of drug-likeness (QED) is 0.778. The molecule has 0 spiro atoms. The monoisotopic (exact) mass is 393 g/mol. The summed E-state index contributed by atoms with van der Waals surface area (Å²) in [6.07, 6.45) is 4.58. The highest BCUT2D eigenvalue weighted by Gasteiger charge is 2.23. The second kappa shape index (κ2) is 10.1. The lowest BCUT2D eigenvalue weighted by Gasteiger charge is -2.28. The average Bonchev–Trinajstić information content (AvgIpc) is 3.08. The summed E-state index contributed by atoms with van der Waals surface area (Å²) in [7, 11) is 0. The maximum Gasteiger partial charge on any atom is 0.227 e. The lowest BCUT2D eigenvalue weighted by Crippen LogP contribution is -2.36. The van der Waals surface area contributed by atoms with Gasteiger partial charge in [-0.25, -0.2) is 0 Å². The first kappa shape index (κ1) is 21.7. The number of anilines is 1. The van der Waals surface area contributed by atoms with Gasteiger partial charge >= 0.3 is 0 Å². The zero-order valence-electron chi connectivity index (χ0n) is 16.4. The lowest BCUT2D eigenvalue weighted by atomic mass is 9.85. The van der Waals surface area contributed by atoms with E-state index >= 15 is 0 Å². The molecular weight excluding hydrogens is 362 g/mol. The summed E-state index contributed by atoms with van der Waals surface area (Å²) < 4.78 is 0. The Hall–Kier alpha value is -1.59. The van der Waals surface area contributed by atoms with Crippen LogP contribution >= 0.6 is 12.4 Å². The van der Waals surface area contributed by atoms with E-state index in [-0.39, 0.29) is 30.3 Å². The van der Waals surface area contributed by atoms with Gasteiger partial charge in [0.25, 0.3) is 0 Å². The normalized spacial score (nSPS) is 22.1. The number of amides is 2. The Kier molecular flexibility index (Phi) is 8.11. The number of hydrogen-bond acceptors (Lipinski definition) is 3. The molecular formula is C21H32ClN3O2. The maximum atomic E-state index is 12.4. The molecule has 1 aromatic carbocycles. The fourth-order valence-electron chi connectivity index (χ4n) is 4.07. The summed E-state index contributed by atoms with van der Waals surface area (Å²) in [5.74, 6) is 1.32. The SMILES string of the molecule is CC(NC(=O)CC(C)C1CCCNC1)c1ccc(N2CCCC2=O)cc1.Cl. The standard InChI is InChI=1S/C21H31N3O2.ClH/c1-15(18-5-3-11-22-14-18)13-20(25)23-16(2)17-7-9-19(10-8-17)24-12-4-6-21(24)26;/h7-10,15-16,18,22H,3-6,11-14H2,1-2H3,(H,23,25);1H. The number of halogens is 1. The lowest BCUT2D eigenvalue weighted by molar-refractivity contribution is -0.123. The van der Waals surface area contributed by atoms with Crippen LogP contribution in [-0.4, -0.2) is 31.4 Å². The largest absolute Gasteiger partial charge is 0.350 e. The van der Waals surface area contributed by atoms with Crippen molar-refractivity contribution >= 4 is 29.9 Å². The fraction of sp³-hybridized carbons (Fsp3) is 0.619. The van der Waals surface area contributed by atoms with Crippen molar-refractivity contribution in [2.75, 3.05) is 24.5 Å². The van der Waals surface area contributed by atoms with Crippen molar-refractivity contribution in [2.45, 2.75) is 52.0 Å². The van der Waals surface area contributed by atoms with Crippen LogP contribution in [0.4, 0.5) is 5.69 Å². The predicted octanol–water partition coefficient (Wildman–Crippen LogP) is 3.44. The van der Waals surface area contributed by atoms with Crippen LogP contribution in [0.1, 0.15) is 57.6 Å². The summed E-state index contributed by atoms with van der Waals surface area (Å²) in [6.45, 7) is 7.13. The number of carbonyl (C=O) groups is 2. The molecule has 0 aromatic heterocycles. The second-order valence-corrected chi connectivity index (χ2v) is 7.82. The van der Waals surface area contributed by atoms with Gasteiger partial charge in [0.1, 0.15) is 0 Å². The molecule has 2 N–H and O–H groups in total. The molecule has 0 aliphatic carbocycles. The van der Waals surface area contributed by atoms with E-state index in [9.17, 15) is 9.59 Å². The predicted molar refractivity (Wildman–Crippen MR) is 111 cm³/mol. The topological polar surface area (TPSA) is 61.4 Å². The zero-order chi connectivity index (χ0) is 18.5. The molecule has 5 nitrogen and oxygen atoms in total. The Morgan fingerprint density at radius 1 is 1.26 bits per heavy atom. The van der Waals surface area contributed by atoms with Gasteiger partial charge in [-0.05, 0) is 68.8 Å². The molecule has 0 radical (unpaired) electrons. The molecule has 3 rings (SSSR count). The summed E-state index contributed by atoms with van der Waals surface area (Å²) in [5, 5.41) is 6.55. The van der Waals surface area contributed by atoms with E-state index in [2.05, 4.69) is 17.6 Å². The van der Waals surface area contributed by atoms with Gasteiger partial charge in [0.15, 0.2) is 0 Å². The molecule has 3 atom stereocenters. The number of benzene rings is 1. The van der Waals surface area contributed by atoms with E-state index in [0.717, 1.165) is 37.3 Å². The number of nitrogens with zero attached hydrogens (tertiary/aromatic N) is 1. The molecule has 150 valence electrons. The Labute approximate surface area is 168 Å². The minimum Gasteiger partial charge on any atom is -0.350 e. The molecule has 2 amide bonds. The third-order valence-corrected chi connectivity index (χ3v) is 5.80. The second-order valence-electron chi connectivity index (χ2n) is 7.82. The van der Waals surface area contributed by atoms with Gasteiger partial charge in [-0.1, -0.05) is 19.1 Å². The summed E-state index contributed by atoms with van der Waals surface area (Å²) in [5.41, 5.74) is 2.02. The van der Waals surface area contributed by atoms with Gasteiger partial charge in [-0.3, -0.25) is 9.59 Å². The van der Waals surface area contributed by atoms with Crippen molar-refractivity contribution in [3.05, 3.63) is 29.8 Å². The van der Waals surface area contributed by atoms with E-state index in [4.69, 9.17) is 0 Å². The first-order chi connectivity index (χ1) is 12.5. The van der Waals surface area contributed by atoms with E-state index < -0.39 is 0 Å². The van der Waals surface area contributed by atoms with Crippen LogP contribution in [0.3, 0.4) is 0 Å². The third kappa shape index (κ3) is 5.69. The van der Waals surface area contributed by atoms with Crippen molar-refractivity contribution in [1.29, 1.82) is 0 Å². The molecule has 0 saturated carbocycles. The zero-order valence-corrected chi connectivity index (χ0v) is 17.2. The fourth-order valence-corrected chi connectivity index (χ4v) is 4.07. The molecule has 2 aliphatic rings. The highest BCUT2D eigenvalue weighted by atomic mass is 35.5. The smallest absolute Gasteiger partial charge is 0.227 e. The van der Waals surface area contributed by atoms with Crippen molar-refractivity contribution in [1.82, 2.24) is 10.6 Å². The Bertz CT molecular complexity index is 629. The van der Waals surface area contributed by atoms with Crippen LogP contribution in [0, 0.1) is 11.8 Å². The molecule has 6 heteroatoms. The minimum atomic E-state index is -0.0255. The molecule has 2 aliphatic heterocycles. The molecule has 0 bridgehead atoms. The van der Waals surface area contributed by atoms with Crippen LogP contribution in [0.5, 0.6) is 0 Å². The third-order valence-electron chi connectivity index (χ3n) is 5.80. The Morgan fingerprint density at radius 2 is 2.00 bits per heavy atom. The summed E-state index contributed by atoms with van der Waals surface area (Å²) in [4.78, 5) is 26.1. The number of piperidine rings is 1. The van der Waals surface area contributed by atoms with Crippen LogP contribution in [0.15, 0.2) is 24.3 Å². The van der Waals surface area contributed by atoms with Crippen LogP contribution < -0.4 is 15.5 Å². The first-order valence-electron chi connectivity index (χ1n) is 9.95. The van der Waals surface area contributed by atoms with Crippen LogP contribution in [0.25, 0.3) is 0 Å². The highest BCUT2D eigenvalue weighted by molar-refractivity contribution is 5.95. The number of carbonyl (C=O) groups excluding carboxylic acids is 2. The van der Waals surface area contributed by atoms with Gasteiger partial charge in [-0.15, -0.1) is 12.4 Å². The Morgan fingerprint density at radius 3 is 2.59 bits per heavy atom. The van der Waals surface area contributed by atoms with Crippen LogP contribution in [-0.2, 0) is 9.59 Å². The number of hydrogen-bond donors (Lipinski definition) is 2. The molecule has 2 heterocycles. The number of nitrogens with one attached hydrogen (secondary N) is 2. The minimum absolute atomic E-state index is 0. The Balaban J connectivity index is 0.00000261. The highest BCUT2D eigenvalue weighted by Crippen LogP contribution is 2.25. The van der Waals surface area contributed by atoms with Gasteiger partial charge in [0, 0.05) is 25.1 Å². The molecule has 2 saturated heterocycles. The van der Waals surface area contributed by atoms with Crippen molar-refractivity contribution in [3.63, 3.8) is 0 Å². The summed E-state index contributed by atoms with van der Waals surface area (Å²) in [6, 6.07) is 7.97. The average molecular weight is 394 g/mol. The summed E-state index contributed by atoms with van der Waals surface area (Å²) >= 11 is 0. The van der Waals surface area contributed by atoms with Crippen molar-refractivity contribution in [3.8, 4) is 0 Å². The van der Waals surface area contributed by atoms with E-state index in [1.54, 1.807) is 0 Å². The molecule has 1 aromatic rings. The van der Waals surface area contributed by atoms with Gasteiger partial charge in [-0.2, -0.15) is 0 Å². The van der Waals surface area contributed by atoms with Gasteiger partial charge in [0.05, 0.1) is 6.04 Å². The maximum absolute atomic E-state index is 12.4. The molecule has 3 unspecified atom stereocenters. The van der Waals surface area contributed by atoms with Crippen LogP contribution in [0.2, 0.25) is 0 Å². The van der Waals surface area contributed by atoms with Gasteiger partial charge in [0.2, 0.25) is 11.8 Å². The van der Waals surface area contributed by atoms with Crippen molar-refractivity contribution in [2.24, 2.45) is 11.8 Å². The van der Waals surface area contributed by atoms with E-state index in [1.807, 2.05) is 36.1 Å². The molecule has 2 fully saturated rings.